The predicted octanol–water partition coefficient (Wildman–Crippen LogP) is 3.73. The molecule has 37 heavy (non-hydrogen) atoms. The number of nitrogens with zero attached hydrogens (tertiary/aromatic N) is 5. The van der Waals surface area contributed by atoms with Crippen LogP contribution in [0.2, 0.25) is 0 Å². The fourth-order valence-corrected chi connectivity index (χ4v) is 5.00. The largest absolute Gasteiger partial charge is 0.369 e. The van der Waals surface area contributed by atoms with Gasteiger partial charge in [-0.05, 0) is 68.8 Å². The molecule has 0 bridgehead atoms. The highest BCUT2D eigenvalue weighted by atomic mass is 16.2. The molecule has 0 spiro atoms. The third-order valence-corrected chi connectivity index (χ3v) is 7.00. The minimum absolute atomic E-state index is 0.131. The van der Waals surface area contributed by atoms with E-state index in [0.717, 1.165) is 44.5 Å². The van der Waals surface area contributed by atoms with E-state index in [1.54, 1.807) is 29.2 Å². The Bertz CT molecular complexity index is 1160. The second kappa shape index (κ2) is 12.4. The maximum absolute atomic E-state index is 12.8. The van der Waals surface area contributed by atoms with Crippen LogP contribution in [-0.2, 0) is 4.79 Å². The van der Waals surface area contributed by atoms with Crippen molar-refractivity contribution in [1.82, 2.24) is 29.7 Å². The quantitative estimate of drug-likeness (QED) is 0.533. The Balaban J connectivity index is 0.000000270. The van der Waals surface area contributed by atoms with E-state index in [2.05, 4.69) is 72.9 Å². The third kappa shape index (κ3) is 7.19. The van der Waals surface area contributed by atoms with Gasteiger partial charge in [-0.3, -0.25) is 14.5 Å². The summed E-state index contributed by atoms with van der Waals surface area (Å²) < 4.78 is 1.61. The minimum Gasteiger partial charge on any atom is -0.369 e. The van der Waals surface area contributed by atoms with Gasteiger partial charge in [0.15, 0.2) is 5.65 Å². The zero-order valence-corrected chi connectivity index (χ0v) is 23.3. The highest BCUT2D eigenvalue weighted by Crippen LogP contribution is 2.45. The van der Waals surface area contributed by atoms with E-state index in [1.807, 2.05) is 0 Å². The smallest absolute Gasteiger partial charge is 0.260 e. The first-order valence-corrected chi connectivity index (χ1v) is 13.3. The van der Waals surface area contributed by atoms with Gasteiger partial charge in [-0.25, -0.2) is 9.50 Å². The molecular weight excluding hydrogens is 466 g/mol. The monoisotopic (exact) mass is 509 g/mol. The lowest BCUT2D eigenvalue weighted by Gasteiger charge is -2.34. The number of amides is 2. The van der Waals surface area contributed by atoms with E-state index in [4.69, 9.17) is 5.73 Å². The number of aromatic nitrogens is 3. The number of likely N-dealkylation sites (N-methyl/N-ethyl adjacent to an activating group) is 1. The molecule has 0 aromatic carbocycles. The molecule has 1 aliphatic heterocycles. The van der Waals surface area contributed by atoms with Gasteiger partial charge in [0, 0.05) is 30.8 Å². The van der Waals surface area contributed by atoms with Gasteiger partial charge < -0.3 is 16.0 Å². The molecule has 0 radical (unpaired) electrons. The number of allylic oxidation sites excluding steroid dienone is 3. The maximum atomic E-state index is 12.8. The number of nitrogens with one attached hydrogen (secondary N) is 1. The lowest BCUT2D eigenvalue weighted by atomic mass is 9.89. The number of fused-ring (bicyclic) bond motifs is 1. The van der Waals surface area contributed by atoms with Gasteiger partial charge >= 0.3 is 0 Å². The van der Waals surface area contributed by atoms with Crippen LogP contribution in [0.3, 0.4) is 0 Å². The highest BCUT2D eigenvalue weighted by Gasteiger charge is 2.36. The van der Waals surface area contributed by atoms with Crippen LogP contribution in [0.5, 0.6) is 0 Å². The fourth-order valence-electron chi connectivity index (χ4n) is 5.00. The number of rotatable bonds is 9. The first kappa shape index (κ1) is 28.4. The normalized spacial score (nSPS) is 18.4. The van der Waals surface area contributed by atoms with Crippen molar-refractivity contribution >= 4 is 17.5 Å². The summed E-state index contributed by atoms with van der Waals surface area (Å²) in [6.45, 7) is 13.3. The van der Waals surface area contributed by atoms with Gasteiger partial charge in [0.2, 0.25) is 5.91 Å². The van der Waals surface area contributed by atoms with Crippen LogP contribution in [0, 0.1) is 5.41 Å². The van der Waals surface area contributed by atoms with Crippen molar-refractivity contribution in [2.24, 2.45) is 11.1 Å². The summed E-state index contributed by atoms with van der Waals surface area (Å²) in [7, 11) is 2.11. The molecule has 3 heterocycles. The van der Waals surface area contributed by atoms with Crippen molar-refractivity contribution in [3.63, 3.8) is 0 Å². The molecule has 9 heteroatoms. The molecule has 2 aromatic heterocycles. The van der Waals surface area contributed by atoms with Crippen LogP contribution in [0.1, 0.15) is 77.1 Å². The van der Waals surface area contributed by atoms with Gasteiger partial charge in [0.1, 0.15) is 5.56 Å². The topological polar surface area (TPSA) is 109 Å². The van der Waals surface area contributed by atoms with Gasteiger partial charge in [-0.2, -0.15) is 5.10 Å². The number of carbonyl (C=O) groups excluding carboxylic acids is 2. The Morgan fingerprint density at radius 2 is 1.97 bits per heavy atom. The van der Waals surface area contributed by atoms with Crippen molar-refractivity contribution in [3.8, 4) is 0 Å². The van der Waals surface area contributed by atoms with Crippen LogP contribution in [0.15, 0.2) is 47.7 Å². The van der Waals surface area contributed by atoms with Crippen LogP contribution in [-0.4, -0.2) is 68.9 Å². The minimum atomic E-state index is -0.223. The van der Waals surface area contributed by atoms with Crippen molar-refractivity contribution in [2.75, 3.05) is 26.7 Å². The Morgan fingerprint density at radius 3 is 2.65 bits per heavy atom. The van der Waals surface area contributed by atoms with Crippen molar-refractivity contribution in [2.45, 2.75) is 72.8 Å². The average Bonchev–Trinajstić information content (AvgIpc) is 3.41. The first-order chi connectivity index (χ1) is 17.6. The third-order valence-electron chi connectivity index (χ3n) is 7.00. The Hall–Kier alpha value is -3.20. The average molecular weight is 510 g/mol. The van der Waals surface area contributed by atoms with E-state index in [-0.39, 0.29) is 23.3 Å². The summed E-state index contributed by atoms with van der Waals surface area (Å²) in [5.41, 5.74) is 10.1. The molecule has 9 nitrogen and oxygen atoms in total. The van der Waals surface area contributed by atoms with Gasteiger partial charge in [-0.1, -0.05) is 34.1 Å². The standard InChI is InChI=1S/C19H23N5O.C9H20N2O/c1-12-15(8-13-9-19(2,3)10-16(13)23(12)4)22-18(25)14-11-21-24-7-5-6-20-17(14)24;1-3-5-7-11(6-4-2)8-9(10)12/h5-8,11-12H,9-10H2,1-4H3,(H,22,25);3-8H2,1-2H3,(H2,10,12). The molecule has 1 unspecified atom stereocenters. The summed E-state index contributed by atoms with van der Waals surface area (Å²) in [5.74, 6) is -0.388. The first-order valence-electron chi connectivity index (χ1n) is 13.3. The summed E-state index contributed by atoms with van der Waals surface area (Å²) in [4.78, 5) is 32.1. The number of carbonyl (C=O) groups is 2. The summed E-state index contributed by atoms with van der Waals surface area (Å²) in [6, 6.07) is 1.92. The van der Waals surface area contributed by atoms with Crippen molar-refractivity contribution in [3.05, 3.63) is 53.3 Å². The molecular formula is C28H43N7O2. The van der Waals surface area contributed by atoms with Gasteiger partial charge in [0.25, 0.3) is 5.91 Å². The summed E-state index contributed by atoms with van der Waals surface area (Å²) in [5, 5.41) is 7.28. The van der Waals surface area contributed by atoms with E-state index in [9.17, 15) is 9.59 Å². The van der Waals surface area contributed by atoms with Crippen LogP contribution in [0.4, 0.5) is 0 Å². The number of nitrogens with two attached hydrogens (primary N) is 1. The molecule has 1 atom stereocenters. The molecule has 2 amide bonds. The Kier molecular flexibility index (Phi) is 9.48. The number of hydrogen-bond donors (Lipinski definition) is 2. The molecule has 3 N–H and O–H groups in total. The number of unbranched alkanes of at least 4 members (excludes halogenated alkanes) is 1. The lowest BCUT2D eigenvalue weighted by Crippen LogP contribution is -2.40. The van der Waals surface area contributed by atoms with Crippen molar-refractivity contribution in [1.29, 1.82) is 0 Å². The van der Waals surface area contributed by atoms with Crippen LogP contribution < -0.4 is 11.1 Å². The molecule has 4 rings (SSSR count). The van der Waals surface area contributed by atoms with E-state index < -0.39 is 0 Å². The molecule has 0 saturated heterocycles. The lowest BCUT2D eigenvalue weighted by molar-refractivity contribution is -0.119. The highest BCUT2D eigenvalue weighted by molar-refractivity contribution is 6.00. The van der Waals surface area contributed by atoms with Crippen LogP contribution in [0.25, 0.3) is 5.65 Å². The zero-order chi connectivity index (χ0) is 27.2. The maximum Gasteiger partial charge on any atom is 0.260 e. The number of primary amides is 1. The van der Waals surface area contributed by atoms with E-state index >= 15 is 0 Å². The molecule has 1 aliphatic carbocycles. The summed E-state index contributed by atoms with van der Waals surface area (Å²) in [6.07, 6.45) is 12.7. The fraction of sp³-hybridized carbons (Fsp3) is 0.571. The summed E-state index contributed by atoms with van der Waals surface area (Å²) >= 11 is 0. The SMILES string of the molecule is CC1C(NC(=O)c2cnn3cccnc23)=CC2=C(CC(C)(C)C2)N1C.CCCCN(CCC)CC(N)=O. The van der Waals surface area contributed by atoms with Crippen molar-refractivity contribution < 1.29 is 9.59 Å². The zero-order valence-electron chi connectivity index (χ0n) is 23.3. The van der Waals surface area contributed by atoms with E-state index in [0.29, 0.717) is 17.8 Å². The second-order valence-electron chi connectivity index (χ2n) is 10.9. The molecule has 202 valence electrons. The number of hydrogen-bond acceptors (Lipinski definition) is 6. The Labute approximate surface area is 220 Å². The van der Waals surface area contributed by atoms with Gasteiger partial charge in [-0.15, -0.1) is 0 Å². The van der Waals surface area contributed by atoms with Crippen LogP contribution >= 0.6 is 0 Å². The molecule has 0 saturated carbocycles. The molecule has 2 aromatic rings. The predicted molar refractivity (Wildman–Crippen MR) is 147 cm³/mol. The molecule has 2 aliphatic rings. The second-order valence-corrected chi connectivity index (χ2v) is 10.9. The Morgan fingerprint density at radius 1 is 1.22 bits per heavy atom. The van der Waals surface area contributed by atoms with E-state index in [1.165, 1.54) is 17.7 Å². The van der Waals surface area contributed by atoms with Gasteiger partial charge in [0.05, 0.1) is 18.8 Å². The molecule has 0 fully saturated rings.